The van der Waals surface area contributed by atoms with Gasteiger partial charge < -0.3 is 14.7 Å². The van der Waals surface area contributed by atoms with E-state index in [0.29, 0.717) is 18.8 Å². The van der Waals surface area contributed by atoms with Crippen molar-refractivity contribution >= 4 is 5.91 Å². The smallest absolute Gasteiger partial charge is 0.263 e. The van der Waals surface area contributed by atoms with E-state index in [2.05, 4.69) is 0 Å². The first-order valence-electron chi connectivity index (χ1n) is 5.83. The molecule has 1 aromatic rings. The number of nitrogens with zero attached hydrogens (tertiary/aromatic N) is 1. The molecule has 17 heavy (non-hydrogen) atoms. The van der Waals surface area contributed by atoms with Crippen LogP contribution < -0.4 is 4.74 Å². The molecule has 0 radical (unpaired) electrons. The SMILES string of the molecule is CCN(CC)C(=O)C(C)Oc1ccc(O)cc1. The number of carbonyl (C=O) groups is 1. The molecule has 1 unspecified atom stereocenters. The Morgan fingerprint density at radius 2 is 1.82 bits per heavy atom. The van der Waals surface area contributed by atoms with Crippen molar-refractivity contribution in [1.29, 1.82) is 0 Å². The Balaban J connectivity index is 2.62. The molecule has 4 heteroatoms. The summed E-state index contributed by atoms with van der Waals surface area (Å²) in [6.07, 6.45) is -0.514. The van der Waals surface area contributed by atoms with Gasteiger partial charge in [-0.05, 0) is 45.0 Å². The molecule has 0 bridgehead atoms. The fourth-order valence-electron chi connectivity index (χ4n) is 1.57. The summed E-state index contributed by atoms with van der Waals surface area (Å²) in [5, 5.41) is 9.13. The maximum absolute atomic E-state index is 11.9. The molecular weight excluding hydrogens is 218 g/mol. The van der Waals surface area contributed by atoms with Crippen LogP contribution in [0.15, 0.2) is 24.3 Å². The second-order valence-corrected chi connectivity index (χ2v) is 3.76. The summed E-state index contributed by atoms with van der Waals surface area (Å²) in [4.78, 5) is 13.7. The van der Waals surface area contributed by atoms with E-state index in [4.69, 9.17) is 9.84 Å². The number of amides is 1. The lowest BCUT2D eigenvalue weighted by Gasteiger charge is -2.23. The monoisotopic (exact) mass is 237 g/mol. The molecule has 1 rings (SSSR count). The summed E-state index contributed by atoms with van der Waals surface area (Å²) < 4.78 is 5.51. The van der Waals surface area contributed by atoms with Crippen molar-refractivity contribution in [1.82, 2.24) is 4.90 Å². The minimum absolute atomic E-state index is 0.0249. The second kappa shape index (κ2) is 6.13. The molecule has 0 fully saturated rings. The summed E-state index contributed by atoms with van der Waals surface area (Å²) in [6.45, 7) is 6.97. The number of hydrogen-bond donors (Lipinski definition) is 1. The van der Waals surface area contributed by atoms with Crippen LogP contribution in [0.25, 0.3) is 0 Å². The molecule has 1 atom stereocenters. The zero-order valence-corrected chi connectivity index (χ0v) is 10.5. The molecule has 0 aliphatic rings. The lowest BCUT2D eigenvalue weighted by molar-refractivity contribution is -0.137. The Hall–Kier alpha value is -1.71. The van der Waals surface area contributed by atoms with Gasteiger partial charge in [-0.3, -0.25) is 4.79 Å². The Labute approximate surface area is 102 Å². The topological polar surface area (TPSA) is 49.8 Å². The van der Waals surface area contributed by atoms with Crippen LogP contribution in [0, 0.1) is 0 Å². The van der Waals surface area contributed by atoms with Crippen molar-refractivity contribution in [3.8, 4) is 11.5 Å². The number of carbonyl (C=O) groups excluding carboxylic acids is 1. The first kappa shape index (κ1) is 13.4. The standard InChI is InChI=1S/C13H19NO3/c1-4-14(5-2)13(16)10(3)17-12-8-6-11(15)7-9-12/h6-10,15H,4-5H2,1-3H3. The molecular formula is C13H19NO3. The normalized spacial score (nSPS) is 11.9. The average Bonchev–Trinajstić information content (AvgIpc) is 2.33. The summed E-state index contributed by atoms with van der Waals surface area (Å²) in [5.41, 5.74) is 0. The van der Waals surface area contributed by atoms with Gasteiger partial charge in [-0.1, -0.05) is 0 Å². The van der Waals surface area contributed by atoms with Gasteiger partial charge in [-0.25, -0.2) is 0 Å². The van der Waals surface area contributed by atoms with Crippen LogP contribution in [0.2, 0.25) is 0 Å². The highest BCUT2D eigenvalue weighted by atomic mass is 16.5. The number of likely N-dealkylation sites (N-methyl/N-ethyl adjacent to an activating group) is 1. The van der Waals surface area contributed by atoms with Gasteiger partial charge in [0.1, 0.15) is 11.5 Å². The highest BCUT2D eigenvalue weighted by molar-refractivity contribution is 5.80. The van der Waals surface area contributed by atoms with Crippen molar-refractivity contribution in [3.05, 3.63) is 24.3 Å². The fourth-order valence-corrected chi connectivity index (χ4v) is 1.57. The fraction of sp³-hybridized carbons (Fsp3) is 0.462. The average molecular weight is 237 g/mol. The van der Waals surface area contributed by atoms with Crippen LogP contribution in [0.1, 0.15) is 20.8 Å². The largest absolute Gasteiger partial charge is 0.508 e. The molecule has 1 N–H and O–H groups in total. The van der Waals surface area contributed by atoms with E-state index in [1.165, 1.54) is 12.1 Å². The van der Waals surface area contributed by atoms with Gasteiger partial charge in [0.2, 0.25) is 0 Å². The van der Waals surface area contributed by atoms with E-state index in [9.17, 15) is 4.79 Å². The summed E-state index contributed by atoms with van der Waals surface area (Å²) in [6, 6.07) is 6.34. The van der Waals surface area contributed by atoms with Crippen LogP contribution in [-0.2, 0) is 4.79 Å². The molecule has 1 aromatic carbocycles. The van der Waals surface area contributed by atoms with E-state index in [1.807, 2.05) is 13.8 Å². The van der Waals surface area contributed by atoms with E-state index in [1.54, 1.807) is 24.0 Å². The van der Waals surface area contributed by atoms with E-state index in [-0.39, 0.29) is 11.7 Å². The van der Waals surface area contributed by atoms with Gasteiger partial charge in [-0.15, -0.1) is 0 Å². The Bertz CT molecular complexity index is 357. The lowest BCUT2D eigenvalue weighted by atomic mass is 10.3. The number of benzene rings is 1. The quantitative estimate of drug-likeness (QED) is 0.852. The maximum atomic E-state index is 11.9. The molecule has 0 saturated carbocycles. The maximum Gasteiger partial charge on any atom is 0.263 e. The number of rotatable bonds is 5. The predicted octanol–water partition coefficient (Wildman–Crippen LogP) is 2.03. The van der Waals surface area contributed by atoms with Crippen LogP contribution in [0.3, 0.4) is 0 Å². The van der Waals surface area contributed by atoms with Gasteiger partial charge in [0.25, 0.3) is 5.91 Å². The highest BCUT2D eigenvalue weighted by Gasteiger charge is 2.19. The predicted molar refractivity (Wildman–Crippen MR) is 66.1 cm³/mol. The van der Waals surface area contributed by atoms with Crippen molar-refractivity contribution in [3.63, 3.8) is 0 Å². The first-order valence-corrected chi connectivity index (χ1v) is 5.83. The molecule has 0 heterocycles. The first-order chi connectivity index (χ1) is 8.08. The number of ether oxygens (including phenoxy) is 1. The van der Waals surface area contributed by atoms with Crippen molar-refractivity contribution < 1.29 is 14.6 Å². The Kier molecular flexibility index (Phi) is 4.82. The molecule has 1 amide bonds. The minimum atomic E-state index is -0.514. The second-order valence-electron chi connectivity index (χ2n) is 3.76. The van der Waals surface area contributed by atoms with Gasteiger partial charge in [0.15, 0.2) is 6.10 Å². The Morgan fingerprint density at radius 3 is 2.29 bits per heavy atom. The third-order valence-electron chi connectivity index (χ3n) is 2.57. The summed E-state index contributed by atoms with van der Waals surface area (Å²) in [7, 11) is 0. The van der Waals surface area contributed by atoms with Crippen LogP contribution >= 0.6 is 0 Å². The molecule has 0 aromatic heterocycles. The molecule has 0 aliphatic heterocycles. The molecule has 4 nitrogen and oxygen atoms in total. The number of phenols is 1. The molecule has 0 spiro atoms. The number of phenolic OH excluding ortho intramolecular Hbond substituents is 1. The van der Waals surface area contributed by atoms with Gasteiger partial charge in [0, 0.05) is 13.1 Å². The van der Waals surface area contributed by atoms with Gasteiger partial charge in [0.05, 0.1) is 0 Å². The van der Waals surface area contributed by atoms with Gasteiger partial charge >= 0.3 is 0 Å². The Morgan fingerprint density at radius 1 is 1.29 bits per heavy atom. The van der Waals surface area contributed by atoms with Gasteiger partial charge in [-0.2, -0.15) is 0 Å². The van der Waals surface area contributed by atoms with Crippen LogP contribution in [-0.4, -0.2) is 35.1 Å². The van der Waals surface area contributed by atoms with E-state index >= 15 is 0 Å². The van der Waals surface area contributed by atoms with Crippen molar-refractivity contribution in [2.24, 2.45) is 0 Å². The van der Waals surface area contributed by atoms with E-state index in [0.717, 1.165) is 0 Å². The summed E-state index contributed by atoms with van der Waals surface area (Å²) in [5.74, 6) is 0.735. The zero-order chi connectivity index (χ0) is 12.8. The molecule has 94 valence electrons. The van der Waals surface area contributed by atoms with Crippen molar-refractivity contribution in [2.45, 2.75) is 26.9 Å². The third kappa shape index (κ3) is 3.66. The van der Waals surface area contributed by atoms with Crippen molar-refractivity contribution in [2.75, 3.05) is 13.1 Å². The molecule has 0 aliphatic carbocycles. The zero-order valence-electron chi connectivity index (χ0n) is 10.5. The van der Waals surface area contributed by atoms with Crippen LogP contribution in [0.5, 0.6) is 11.5 Å². The summed E-state index contributed by atoms with van der Waals surface area (Å²) >= 11 is 0. The minimum Gasteiger partial charge on any atom is -0.508 e. The number of aromatic hydroxyl groups is 1. The number of hydrogen-bond acceptors (Lipinski definition) is 3. The lowest BCUT2D eigenvalue weighted by Crippen LogP contribution is -2.40. The molecule has 0 saturated heterocycles. The highest BCUT2D eigenvalue weighted by Crippen LogP contribution is 2.17. The third-order valence-corrected chi connectivity index (χ3v) is 2.57. The van der Waals surface area contributed by atoms with Crippen LogP contribution in [0.4, 0.5) is 0 Å². The van der Waals surface area contributed by atoms with E-state index < -0.39 is 6.10 Å².